The number of rotatable bonds is 6. The highest BCUT2D eigenvalue weighted by molar-refractivity contribution is 5.98. The SMILES string of the molecule is CCNC(C)CCCN1C(=O)CC(C)(C)CC1=O. The first-order chi connectivity index (χ1) is 8.35. The van der Waals surface area contributed by atoms with Gasteiger partial charge < -0.3 is 5.32 Å². The molecule has 1 saturated heterocycles. The van der Waals surface area contributed by atoms with Crippen LogP contribution in [-0.4, -0.2) is 35.8 Å². The number of likely N-dealkylation sites (tertiary alicyclic amines) is 1. The highest BCUT2D eigenvalue weighted by Crippen LogP contribution is 2.31. The van der Waals surface area contributed by atoms with Crippen LogP contribution in [0.25, 0.3) is 0 Å². The second-order valence-electron chi connectivity index (χ2n) is 6.06. The molecule has 0 saturated carbocycles. The second kappa shape index (κ2) is 6.32. The molecular formula is C14H26N2O2. The quantitative estimate of drug-likeness (QED) is 0.737. The Labute approximate surface area is 110 Å². The molecule has 0 radical (unpaired) electrons. The smallest absolute Gasteiger partial charge is 0.229 e. The third kappa shape index (κ3) is 4.41. The van der Waals surface area contributed by atoms with E-state index in [4.69, 9.17) is 0 Å². The molecule has 4 nitrogen and oxygen atoms in total. The number of piperidine rings is 1. The van der Waals surface area contributed by atoms with Crippen molar-refractivity contribution in [3.8, 4) is 0 Å². The van der Waals surface area contributed by atoms with Crippen molar-refractivity contribution in [3.05, 3.63) is 0 Å². The Hall–Kier alpha value is -0.900. The van der Waals surface area contributed by atoms with Crippen molar-refractivity contribution in [2.45, 2.75) is 59.4 Å². The monoisotopic (exact) mass is 254 g/mol. The van der Waals surface area contributed by atoms with Crippen molar-refractivity contribution >= 4 is 11.8 Å². The molecular weight excluding hydrogens is 228 g/mol. The first-order valence-electron chi connectivity index (χ1n) is 6.92. The van der Waals surface area contributed by atoms with Crippen LogP contribution in [0.5, 0.6) is 0 Å². The fourth-order valence-corrected chi connectivity index (χ4v) is 2.47. The molecule has 0 aliphatic carbocycles. The van der Waals surface area contributed by atoms with Gasteiger partial charge in [-0.05, 0) is 31.7 Å². The number of nitrogens with one attached hydrogen (secondary N) is 1. The number of hydrogen-bond donors (Lipinski definition) is 1. The van der Waals surface area contributed by atoms with Gasteiger partial charge in [0.1, 0.15) is 0 Å². The zero-order valence-electron chi connectivity index (χ0n) is 12.1. The molecule has 0 bridgehead atoms. The van der Waals surface area contributed by atoms with E-state index in [1.807, 2.05) is 13.8 Å². The Morgan fingerprint density at radius 1 is 1.28 bits per heavy atom. The fraction of sp³-hybridized carbons (Fsp3) is 0.857. The maximum Gasteiger partial charge on any atom is 0.229 e. The third-order valence-electron chi connectivity index (χ3n) is 3.43. The van der Waals surface area contributed by atoms with Gasteiger partial charge in [0.2, 0.25) is 11.8 Å². The van der Waals surface area contributed by atoms with Gasteiger partial charge in [0.25, 0.3) is 0 Å². The van der Waals surface area contributed by atoms with E-state index in [1.54, 1.807) is 0 Å². The Morgan fingerprint density at radius 2 is 1.83 bits per heavy atom. The van der Waals surface area contributed by atoms with Gasteiger partial charge in [0, 0.05) is 25.4 Å². The third-order valence-corrected chi connectivity index (χ3v) is 3.43. The van der Waals surface area contributed by atoms with Gasteiger partial charge in [-0.3, -0.25) is 14.5 Å². The van der Waals surface area contributed by atoms with E-state index in [-0.39, 0.29) is 17.2 Å². The van der Waals surface area contributed by atoms with Crippen LogP contribution in [0.4, 0.5) is 0 Å². The summed E-state index contributed by atoms with van der Waals surface area (Å²) in [6.07, 6.45) is 2.85. The summed E-state index contributed by atoms with van der Waals surface area (Å²) in [5, 5.41) is 3.33. The molecule has 0 spiro atoms. The molecule has 0 aromatic carbocycles. The van der Waals surface area contributed by atoms with Crippen molar-refractivity contribution in [3.63, 3.8) is 0 Å². The first kappa shape index (κ1) is 15.2. The van der Waals surface area contributed by atoms with Gasteiger partial charge in [-0.1, -0.05) is 20.8 Å². The average molecular weight is 254 g/mol. The number of imide groups is 1. The van der Waals surface area contributed by atoms with Crippen molar-refractivity contribution in [2.24, 2.45) is 5.41 Å². The van der Waals surface area contributed by atoms with Crippen LogP contribution in [0.1, 0.15) is 53.4 Å². The van der Waals surface area contributed by atoms with Gasteiger partial charge in [0.15, 0.2) is 0 Å². The summed E-state index contributed by atoms with van der Waals surface area (Å²) in [6.45, 7) is 9.70. The van der Waals surface area contributed by atoms with E-state index in [1.165, 1.54) is 4.90 Å². The van der Waals surface area contributed by atoms with E-state index in [2.05, 4.69) is 19.2 Å². The number of hydrogen-bond acceptors (Lipinski definition) is 3. The van der Waals surface area contributed by atoms with E-state index in [0.717, 1.165) is 19.4 Å². The predicted molar refractivity (Wildman–Crippen MR) is 72.1 cm³/mol. The molecule has 1 aliphatic rings. The molecule has 0 aromatic rings. The summed E-state index contributed by atoms with van der Waals surface area (Å²) in [5.74, 6) is -0.0142. The van der Waals surface area contributed by atoms with Crippen molar-refractivity contribution in [1.29, 1.82) is 0 Å². The van der Waals surface area contributed by atoms with Crippen LogP contribution in [0.3, 0.4) is 0 Å². The molecule has 1 N–H and O–H groups in total. The minimum Gasteiger partial charge on any atom is -0.315 e. The number of carbonyl (C=O) groups excluding carboxylic acids is 2. The summed E-state index contributed by atoms with van der Waals surface area (Å²) < 4.78 is 0. The summed E-state index contributed by atoms with van der Waals surface area (Å²) in [4.78, 5) is 25.3. The summed E-state index contributed by atoms with van der Waals surface area (Å²) >= 11 is 0. The summed E-state index contributed by atoms with van der Waals surface area (Å²) in [5.41, 5.74) is -0.165. The normalized spacial score (nSPS) is 21.2. The first-order valence-corrected chi connectivity index (χ1v) is 6.92. The molecule has 1 fully saturated rings. The number of nitrogens with zero attached hydrogens (tertiary/aromatic N) is 1. The van der Waals surface area contributed by atoms with Crippen LogP contribution < -0.4 is 5.32 Å². The van der Waals surface area contributed by atoms with Crippen molar-refractivity contribution in [2.75, 3.05) is 13.1 Å². The van der Waals surface area contributed by atoms with E-state index < -0.39 is 0 Å². The highest BCUT2D eigenvalue weighted by Gasteiger charge is 2.36. The fourth-order valence-electron chi connectivity index (χ4n) is 2.47. The van der Waals surface area contributed by atoms with Crippen molar-refractivity contribution in [1.82, 2.24) is 10.2 Å². The van der Waals surface area contributed by atoms with Crippen LogP contribution in [-0.2, 0) is 9.59 Å². The molecule has 2 amide bonds. The van der Waals surface area contributed by atoms with Crippen LogP contribution in [0.2, 0.25) is 0 Å². The average Bonchev–Trinajstić information content (AvgIpc) is 2.21. The minimum absolute atomic E-state index is 0.00708. The summed E-state index contributed by atoms with van der Waals surface area (Å²) in [6, 6.07) is 0.446. The second-order valence-corrected chi connectivity index (χ2v) is 6.06. The van der Waals surface area contributed by atoms with E-state index >= 15 is 0 Å². The topological polar surface area (TPSA) is 49.4 Å². The largest absolute Gasteiger partial charge is 0.315 e. The molecule has 1 heterocycles. The van der Waals surface area contributed by atoms with Crippen molar-refractivity contribution < 1.29 is 9.59 Å². The highest BCUT2D eigenvalue weighted by atomic mass is 16.2. The molecule has 18 heavy (non-hydrogen) atoms. The molecule has 1 atom stereocenters. The number of carbonyl (C=O) groups is 2. The van der Waals surface area contributed by atoms with Crippen LogP contribution >= 0.6 is 0 Å². The number of amides is 2. The lowest BCUT2D eigenvalue weighted by atomic mass is 9.81. The molecule has 0 aromatic heterocycles. The molecule has 1 aliphatic heterocycles. The van der Waals surface area contributed by atoms with E-state index in [0.29, 0.717) is 25.4 Å². The van der Waals surface area contributed by atoms with Gasteiger partial charge in [-0.2, -0.15) is 0 Å². The lowest BCUT2D eigenvalue weighted by Gasteiger charge is -2.34. The lowest BCUT2D eigenvalue weighted by Crippen LogP contribution is -2.46. The molecule has 104 valence electrons. The van der Waals surface area contributed by atoms with Crippen LogP contribution in [0, 0.1) is 5.41 Å². The molecule has 4 heteroatoms. The van der Waals surface area contributed by atoms with Gasteiger partial charge in [0.05, 0.1) is 0 Å². The van der Waals surface area contributed by atoms with Gasteiger partial charge in [-0.15, -0.1) is 0 Å². The summed E-state index contributed by atoms with van der Waals surface area (Å²) in [7, 11) is 0. The van der Waals surface area contributed by atoms with Gasteiger partial charge in [-0.25, -0.2) is 0 Å². The van der Waals surface area contributed by atoms with Crippen LogP contribution in [0.15, 0.2) is 0 Å². The zero-order valence-corrected chi connectivity index (χ0v) is 12.1. The Bertz CT molecular complexity index is 293. The minimum atomic E-state index is -0.165. The predicted octanol–water partition coefficient (Wildman–Crippen LogP) is 1.94. The Morgan fingerprint density at radius 3 is 2.33 bits per heavy atom. The van der Waals surface area contributed by atoms with E-state index in [9.17, 15) is 9.59 Å². The maximum absolute atomic E-state index is 11.9. The standard InChI is InChI=1S/C14H26N2O2/c1-5-15-11(2)7-6-8-16-12(17)9-14(3,4)10-13(16)18/h11,15H,5-10H2,1-4H3. The molecule has 1 rings (SSSR count). The Balaban J connectivity index is 2.38. The zero-order chi connectivity index (χ0) is 13.8. The maximum atomic E-state index is 11.9. The molecule has 1 unspecified atom stereocenters. The van der Waals surface area contributed by atoms with Gasteiger partial charge >= 0.3 is 0 Å². The lowest BCUT2D eigenvalue weighted by molar-refractivity contribution is -0.152. The Kier molecular flexibility index (Phi) is 5.32.